The van der Waals surface area contributed by atoms with Crippen LogP contribution in [0, 0.1) is 11.7 Å². The zero-order valence-corrected chi connectivity index (χ0v) is 19.0. The molecule has 2 aliphatic rings. The molecule has 2 aliphatic heterocycles. The van der Waals surface area contributed by atoms with E-state index in [1.165, 1.54) is 17.0 Å². The van der Waals surface area contributed by atoms with Gasteiger partial charge in [-0.25, -0.2) is 4.39 Å². The molecule has 2 aromatic carbocycles. The Hall–Kier alpha value is -2.79. The minimum Gasteiger partial charge on any atom is -0.381 e. The van der Waals surface area contributed by atoms with Crippen molar-refractivity contribution >= 4 is 16.8 Å². The smallest absolute Gasteiger partial charge is 0.233 e. The Balaban J connectivity index is 1.31. The number of likely N-dealkylation sites (tertiary alicyclic amines) is 1. The lowest BCUT2D eigenvalue weighted by Crippen LogP contribution is -2.50. The first-order chi connectivity index (χ1) is 16.2. The quantitative estimate of drug-likeness (QED) is 0.547. The molecule has 5 heteroatoms. The maximum absolute atomic E-state index is 14.8. The van der Waals surface area contributed by atoms with E-state index in [4.69, 9.17) is 4.74 Å². The van der Waals surface area contributed by atoms with E-state index >= 15 is 0 Å². The third-order valence-corrected chi connectivity index (χ3v) is 7.47. The predicted octanol–water partition coefficient (Wildman–Crippen LogP) is 5.29. The number of carbonyl (C=O) groups is 1. The van der Waals surface area contributed by atoms with Gasteiger partial charge in [-0.15, -0.1) is 0 Å². The third-order valence-electron chi connectivity index (χ3n) is 7.47. The molecule has 33 heavy (non-hydrogen) atoms. The summed E-state index contributed by atoms with van der Waals surface area (Å²) in [6, 6.07) is 17.4. The van der Waals surface area contributed by atoms with E-state index in [-0.39, 0.29) is 11.7 Å². The highest BCUT2D eigenvalue weighted by atomic mass is 19.1. The van der Waals surface area contributed by atoms with Gasteiger partial charge < -0.3 is 9.64 Å². The molecule has 2 saturated heterocycles. The van der Waals surface area contributed by atoms with Crippen molar-refractivity contribution in [3.05, 3.63) is 77.7 Å². The van der Waals surface area contributed by atoms with Crippen LogP contribution in [0.4, 0.5) is 4.39 Å². The van der Waals surface area contributed by atoms with Crippen LogP contribution in [0.15, 0.2) is 60.8 Å². The number of halogens is 1. The van der Waals surface area contributed by atoms with Crippen LogP contribution in [-0.4, -0.2) is 42.1 Å². The third kappa shape index (κ3) is 4.51. The Morgan fingerprint density at radius 1 is 1.06 bits per heavy atom. The molecule has 0 spiro atoms. The molecule has 0 aliphatic carbocycles. The summed E-state index contributed by atoms with van der Waals surface area (Å²) < 4.78 is 20.4. The lowest BCUT2D eigenvalue weighted by Gasteiger charge is -2.40. The van der Waals surface area contributed by atoms with Gasteiger partial charge in [0, 0.05) is 43.4 Å². The maximum Gasteiger partial charge on any atom is 0.233 e. The van der Waals surface area contributed by atoms with Gasteiger partial charge in [0.05, 0.1) is 10.9 Å². The Morgan fingerprint density at radius 2 is 1.91 bits per heavy atom. The van der Waals surface area contributed by atoms with Crippen LogP contribution in [0.1, 0.15) is 43.2 Å². The fourth-order valence-corrected chi connectivity index (χ4v) is 5.63. The number of nitrogens with zero attached hydrogens (tertiary/aromatic N) is 2. The van der Waals surface area contributed by atoms with Crippen LogP contribution >= 0.6 is 0 Å². The highest BCUT2D eigenvalue weighted by molar-refractivity contribution is 5.88. The van der Waals surface area contributed by atoms with E-state index < -0.39 is 5.41 Å². The number of pyridine rings is 1. The number of hydrogen-bond donors (Lipinski definition) is 0. The fourth-order valence-electron chi connectivity index (χ4n) is 5.63. The molecule has 1 unspecified atom stereocenters. The number of aromatic nitrogens is 1. The lowest BCUT2D eigenvalue weighted by molar-refractivity contribution is -0.141. The molecule has 1 aromatic heterocycles. The minimum absolute atomic E-state index is 0.0772. The second-order valence-corrected chi connectivity index (χ2v) is 9.50. The Kier molecular flexibility index (Phi) is 6.41. The Morgan fingerprint density at radius 3 is 2.76 bits per heavy atom. The van der Waals surface area contributed by atoms with E-state index in [0.29, 0.717) is 37.5 Å². The van der Waals surface area contributed by atoms with Crippen molar-refractivity contribution in [1.82, 2.24) is 9.88 Å². The van der Waals surface area contributed by atoms with Gasteiger partial charge in [-0.3, -0.25) is 9.78 Å². The molecule has 2 fully saturated rings. The molecule has 3 heterocycles. The molecule has 1 amide bonds. The summed E-state index contributed by atoms with van der Waals surface area (Å²) in [5, 5.41) is 1.17. The lowest BCUT2D eigenvalue weighted by atomic mass is 9.72. The number of carbonyl (C=O) groups excluding carboxylic acids is 1. The van der Waals surface area contributed by atoms with Crippen LogP contribution in [-0.2, 0) is 21.4 Å². The Bertz CT molecular complexity index is 1130. The molecule has 0 saturated carbocycles. The summed E-state index contributed by atoms with van der Waals surface area (Å²) in [6.07, 6.45) is 6.97. The summed E-state index contributed by atoms with van der Waals surface area (Å²) in [7, 11) is 0. The standard InChI is InChI=1S/C28H31FN2O2/c29-25-8-2-1-7-24(25)28(12-17-33-18-13-28)27(32)31-15-4-5-21(11-16-31)19-22-9-10-26-23(20-22)6-3-14-30-26/h1-3,6-10,14,20-21H,4-5,11-13,15-19H2. The molecule has 0 radical (unpaired) electrons. The van der Waals surface area contributed by atoms with Crippen LogP contribution in [0.3, 0.4) is 0 Å². The average molecular weight is 447 g/mol. The van der Waals surface area contributed by atoms with Gasteiger partial charge in [-0.1, -0.05) is 30.3 Å². The zero-order chi connectivity index (χ0) is 22.7. The highest BCUT2D eigenvalue weighted by Gasteiger charge is 2.45. The molecular formula is C28H31FN2O2. The van der Waals surface area contributed by atoms with Gasteiger partial charge >= 0.3 is 0 Å². The van der Waals surface area contributed by atoms with Crippen molar-refractivity contribution in [3.63, 3.8) is 0 Å². The van der Waals surface area contributed by atoms with Gasteiger partial charge in [-0.2, -0.15) is 0 Å². The fraction of sp³-hybridized carbons (Fsp3) is 0.429. The van der Waals surface area contributed by atoms with E-state index in [0.717, 1.165) is 44.3 Å². The van der Waals surface area contributed by atoms with Crippen molar-refractivity contribution in [2.75, 3.05) is 26.3 Å². The van der Waals surface area contributed by atoms with Gasteiger partial charge in [0.1, 0.15) is 5.82 Å². The van der Waals surface area contributed by atoms with E-state index in [1.807, 2.05) is 23.2 Å². The Labute approximate surface area is 194 Å². The summed E-state index contributed by atoms with van der Waals surface area (Å²) in [4.78, 5) is 20.3. The van der Waals surface area contributed by atoms with Crippen LogP contribution in [0.5, 0.6) is 0 Å². The van der Waals surface area contributed by atoms with E-state index in [9.17, 15) is 9.18 Å². The van der Waals surface area contributed by atoms with Crippen molar-refractivity contribution < 1.29 is 13.9 Å². The number of ether oxygens (including phenoxy) is 1. The first kappa shape index (κ1) is 22.0. The number of benzene rings is 2. The topological polar surface area (TPSA) is 42.4 Å². The SMILES string of the molecule is O=C(N1CCCC(Cc2ccc3ncccc3c2)CC1)C1(c2ccccc2F)CCOCC1. The van der Waals surface area contributed by atoms with Crippen molar-refractivity contribution in [2.45, 2.75) is 43.9 Å². The molecular weight excluding hydrogens is 415 g/mol. The van der Waals surface area contributed by atoms with Crippen LogP contribution in [0.25, 0.3) is 10.9 Å². The largest absolute Gasteiger partial charge is 0.381 e. The van der Waals surface area contributed by atoms with Gasteiger partial charge in [0.25, 0.3) is 0 Å². The number of fused-ring (bicyclic) bond motifs is 1. The monoisotopic (exact) mass is 446 g/mol. The van der Waals surface area contributed by atoms with Gasteiger partial charge in [0.15, 0.2) is 0 Å². The molecule has 1 atom stereocenters. The van der Waals surface area contributed by atoms with Crippen molar-refractivity contribution in [2.24, 2.45) is 5.92 Å². The minimum atomic E-state index is -0.811. The summed E-state index contributed by atoms with van der Waals surface area (Å²) in [5.74, 6) is 0.329. The van der Waals surface area contributed by atoms with E-state index in [1.54, 1.807) is 12.1 Å². The number of rotatable bonds is 4. The second kappa shape index (κ2) is 9.60. The summed E-state index contributed by atoms with van der Waals surface area (Å²) >= 11 is 0. The predicted molar refractivity (Wildman–Crippen MR) is 127 cm³/mol. The highest BCUT2D eigenvalue weighted by Crippen LogP contribution is 2.39. The first-order valence-electron chi connectivity index (χ1n) is 12.1. The summed E-state index contributed by atoms with van der Waals surface area (Å²) in [5.41, 5.74) is 2.07. The number of amides is 1. The zero-order valence-electron chi connectivity index (χ0n) is 19.0. The molecule has 5 rings (SSSR count). The average Bonchev–Trinajstić information content (AvgIpc) is 3.10. The van der Waals surface area contributed by atoms with Gasteiger partial charge in [-0.05, 0) is 74.3 Å². The number of hydrogen-bond acceptors (Lipinski definition) is 3. The van der Waals surface area contributed by atoms with Crippen LogP contribution < -0.4 is 0 Å². The molecule has 3 aromatic rings. The molecule has 0 N–H and O–H groups in total. The molecule has 4 nitrogen and oxygen atoms in total. The summed E-state index contributed by atoms with van der Waals surface area (Å²) in [6.45, 7) is 2.46. The maximum atomic E-state index is 14.8. The molecule has 172 valence electrons. The molecule has 0 bridgehead atoms. The van der Waals surface area contributed by atoms with Crippen molar-refractivity contribution in [3.8, 4) is 0 Å². The van der Waals surface area contributed by atoms with E-state index in [2.05, 4.69) is 29.2 Å². The van der Waals surface area contributed by atoms with Crippen LogP contribution in [0.2, 0.25) is 0 Å². The second-order valence-electron chi connectivity index (χ2n) is 9.50. The normalized spacial score (nSPS) is 21.0. The first-order valence-corrected chi connectivity index (χ1v) is 12.1. The van der Waals surface area contributed by atoms with Gasteiger partial charge in [0.2, 0.25) is 5.91 Å². The van der Waals surface area contributed by atoms with Crippen molar-refractivity contribution in [1.29, 1.82) is 0 Å².